The average Bonchev–Trinajstić information content (AvgIpc) is 2.87. The Labute approximate surface area is 118 Å². The van der Waals surface area contributed by atoms with E-state index >= 15 is 0 Å². The van der Waals surface area contributed by atoms with Gasteiger partial charge in [0.05, 0.1) is 5.56 Å². The lowest BCUT2D eigenvalue weighted by Crippen LogP contribution is -2.09. The number of carbonyl (C=O) groups excluding carboxylic acids is 1. The smallest absolute Gasteiger partial charge is 0.338 e. The van der Waals surface area contributed by atoms with Crippen LogP contribution >= 0.6 is 0 Å². The number of benzene rings is 2. The summed E-state index contributed by atoms with van der Waals surface area (Å²) in [4.78, 5) is 12.2. The summed E-state index contributed by atoms with van der Waals surface area (Å²) >= 11 is 0. The van der Waals surface area contributed by atoms with Crippen LogP contribution in [0, 0.1) is 0 Å². The summed E-state index contributed by atoms with van der Waals surface area (Å²) in [6.45, 7) is 0.301. The normalized spacial score (nSPS) is 16.8. The quantitative estimate of drug-likeness (QED) is 0.870. The first-order valence-corrected chi connectivity index (χ1v) is 6.84. The van der Waals surface area contributed by atoms with E-state index in [1.807, 2.05) is 48.5 Å². The molecule has 1 atom stereocenters. The molecule has 0 amide bonds. The summed E-state index contributed by atoms with van der Waals surface area (Å²) in [5.74, 6) is -0.264. The summed E-state index contributed by atoms with van der Waals surface area (Å²) in [6, 6.07) is 15.4. The number of rotatable bonds is 3. The molecule has 2 aromatic carbocycles. The molecule has 0 bridgehead atoms. The first-order chi connectivity index (χ1) is 9.75. The van der Waals surface area contributed by atoms with Crippen molar-refractivity contribution < 1.29 is 9.53 Å². The van der Waals surface area contributed by atoms with Gasteiger partial charge in [-0.3, -0.25) is 0 Å². The molecule has 0 fully saturated rings. The van der Waals surface area contributed by atoms with Gasteiger partial charge in [0.15, 0.2) is 0 Å². The fourth-order valence-electron chi connectivity index (χ4n) is 2.68. The lowest BCUT2D eigenvalue weighted by atomic mass is 10.0. The maximum absolute atomic E-state index is 12.2. The van der Waals surface area contributed by atoms with Gasteiger partial charge in [-0.15, -0.1) is 0 Å². The summed E-state index contributed by atoms with van der Waals surface area (Å²) in [5, 5.41) is 0. The largest absolute Gasteiger partial charge is 0.457 e. The van der Waals surface area contributed by atoms with Crippen LogP contribution in [0.5, 0.6) is 0 Å². The monoisotopic (exact) mass is 267 g/mol. The molecule has 0 aliphatic heterocycles. The van der Waals surface area contributed by atoms with E-state index < -0.39 is 0 Å². The summed E-state index contributed by atoms with van der Waals surface area (Å²) in [6.07, 6.45) is 1.76. The molecule has 3 rings (SSSR count). The highest BCUT2D eigenvalue weighted by atomic mass is 16.5. The molecule has 0 radical (unpaired) electrons. The Bertz CT molecular complexity index is 622. The molecule has 20 heavy (non-hydrogen) atoms. The van der Waals surface area contributed by atoms with Gasteiger partial charge in [-0.25, -0.2) is 4.79 Å². The van der Waals surface area contributed by atoms with E-state index in [0.29, 0.717) is 12.2 Å². The number of esters is 1. The van der Waals surface area contributed by atoms with Crippen molar-refractivity contribution in [3.63, 3.8) is 0 Å². The van der Waals surface area contributed by atoms with Gasteiger partial charge in [0.2, 0.25) is 0 Å². The molecule has 102 valence electrons. The Morgan fingerprint density at radius 2 is 1.95 bits per heavy atom. The van der Waals surface area contributed by atoms with Crippen molar-refractivity contribution in [1.82, 2.24) is 0 Å². The molecule has 0 heterocycles. The predicted octanol–water partition coefficient (Wildman–Crippen LogP) is 2.99. The maximum atomic E-state index is 12.2. The molecule has 0 saturated heterocycles. The first-order valence-electron chi connectivity index (χ1n) is 6.84. The molecule has 3 nitrogen and oxygen atoms in total. The first kappa shape index (κ1) is 12.9. The molecule has 2 N–H and O–H groups in total. The number of carbonyl (C=O) groups is 1. The van der Waals surface area contributed by atoms with Crippen LogP contribution < -0.4 is 5.73 Å². The molecule has 3 heteroatoms. The van der Waals surface area contributed by atoms with Gasteiger partial charge in [0.1, 0.15) is 6.61 Å². The van der Waals surface area contributed by atoms with Crippen LogP contribution in [0.3, 0.4) is 0 Å². The Morgan fingerprint density at radius 3 is 2.75 bits per heavy atom. The third kappa shape index (κ3) is 2.45. The predicted molar refractivity (Wildman–Crippen MR) is 77.3 cm³/mol. The second-order valence-electron chi connectivity index (χ2n) is 5.08. The van der Waals surface area contributed by atoms with Gasteiger partial charge in [0.25, 0.3) is 0 Å². The fraction of sp³-hybridized carbons (Fsp3) is 0.235. The Hall–Kier alpha value is -2.13. The van der Waals surface area contributed by atoms with Crippen LogP contribution in [-0.4, -0.2) is 5.97 Å². The highest BCUT2D eigenvalue weighted by Crippen LogP contribution is 2.31. The second-order valence-corrected chi connectivity index (χ2v) is 5.08. The zero-order valence-electron chi connectivity index (χ0n) is 11.2. The summed E-state index contributed by atoms with van der Waals surface area (Å²) in [7, 11) is 0. The van der Waals surface area contributed by atoms with Gasteiger partial charge < -0.3 is 10.5 Å². The van der Waals surface area contributed by atoms with E-state index in [1.165, 1.54) is 0 Å². The Balaban J connectivity index is 1.75. The number of ether oxygens (including phenoxy) is 1. The van der Waals surface area contributed by atoms with E-state index in [-0.39, 0.29) is 12.0 Å². The van der Waals surface area contributed by atoms with Crippen molar-refractivity contribution in [2.45, 2.75) is 25.5 Å². The van der Waals surface area contributed by atoms with Crippen LogP contribution in [0.2, 0.25) is 0 Å². The zero-order valence-corrected chi connectivity index (χ0v) is 11.2. The molecule has 2 aromatic rings. The maximum Gasteiger partial charge on any atom is 0.338 e. The van der Waals surface area contributed by atoms with Crippen LogP contribution in [0.1, 0.15) is 39.5 Å². The standard InChI is InChI=1S/C17H17NO2/c18-16-10-9-13-14(16)7-4-8-15(13)17(19)20-11-12-5-2-1-3-6-12/h1-8,16H,9-11,18H2/t16-/m1/s1. The van der Waals surface area contributed by atoms with Crippen molar-refractivity contribution in [1.29, 1.82) is 0 Å². The zero-order chi connectivity index (χ0) is 13.9. The van der Waals surface area contributed by atoms with Crippen molar-refractivity contribution >= 4 is 5.97 Å². The Kier molecular flexibility index (Phi) is 3.52. The molecule has 0 spiro atoms. The van der Waals surface area contributed by atoms with Crippen molar-refractivity contribution in [3.8, 4) is 0 Å². The topological polar surface area (TPSA) is 52.3 Å². The minimum absolute atomic E-state index is 0.0480. The van der Waals surface area contributed by atoms with Gasteiger partial charge in [-0.2, -0.15) is 0 Å². The highest BCUT2D eigenvalue weighted by Gasteiger charge is 2.24. The van der Waals surface area contributed by atoms with Crippen molar-refractivity contribution in [2.75, 3.05) is 0 Å². The van der Waals surface area contributed by atoms with E-state index in [4.69, 9.17) is 10.5 Å². The number of nitrogens with two attached hydrogens (primary N) is 1. The van der Waals surface area contributed by atoms with Crippen molar-refractivity contribution in [2.24, 2.45) is 5.73 Å². The van der Waals surface area contributed by atoms with E-state index in [1.54, 1.807) is 0 Å². The van der Waals surface area contributed by atoms with E-state index in [9.17, 15) is 4.79 Å². The number of fused-ring (bicyclic) bond motifs is 1. The minimum Gasteiger partial charge on any atom is -0.457 e. The number of hydrogen-bond donors (Lipinski definition) is 1. The van der Waals surface area contributed by atoms with Gasteiger partial charge >= 0.3 is 5.97 Å². The van der Waals surface area contributed by atoms with Gasteiger partial charge in [-0.1, -0.05) is 42.5 Å². The van der Waals surface area contributed by atoms with Crippen LogP contribution in [0.4, 0.5) is 0 Å². The van der Waals surface area contributed by atoms with Crippen molar-refractivity contribution in [3.05, 3.63) is 70.8 Å². The molecule has 0 aromatic heterocycles. The molecule has 1 aliphatic rings. The van der Waals surface area contributed by atoms with E-state index in [0.717, 1.165) is 29.5 Å². The molecular weight excluding hydrogens is 250 g/mol. The molecule has 1 aliphatic carbocycles. The summed E-state index contributed by atoms with van der Waals surface area (Å²) < 4.78 is 5.39. The molecule has 0 unspecified atom stereocenters. The van der Waals surface area contributed by atoms with E-state index in [2.05, 4.69) is 0 Å². The van der Waals surface area contributed by atoms with Gasteiger partial charge in [-0.05, 0) is 35.6 Å². The average molecular weight is 267 g/mol. The van der Waals surface area contributed by atoms with Crippen LogP contribution in [0.25, 0.3) is 0 Å². The molecule has 0 saturated carbocycles. The number of hydrogen-bond acceptors (Lipinski definition) is 3. The van der Waals surface area contributed by atoms with Crippen LogP contribution in [-0.2, 0) is 17.8 Å². The van der Waals surface area contributed by atoms with Gasteiger partial charge in [0, 0.05) is 6.04 Å². The highest BCUT2D eigenvalue weighted by molar-refractivity contribution is 5.91. The Morgan fingerprint density at radius 1 is 1.15 bits per heavy atom. The lowest BCUT2D eigenvalue weighted by Gasteiger charge is -2.10. The lowest BCUT2D eigenvalue weighted by molar-refractivity contribution is 0.0471. The third-order valence-electron chi connectivity index (χ3n) is 3.75. The summed E-state index contributed by atoms with van der Waals surface area (Å²) in [5.41, 5.74) is 9.81. The molecular formula is C17H17NO2. The fourth-order valence-corrected chi connectivity index (χ4v) is 2.68. The third-order valence-corrected chi connectivity index (χ3v) is 3.75. The second kappa shape index (κ2) is 5.47. The minimum atomic E-state index is -0.264. The van der Waals surface area contributed by atoms with Crippen LogP contribution in [0.15, 0.2) is 48.5 Å². The SMILES string of the molecule is N[C@@H]1CCc2c(C(=O)OCc3ccccc3)cccc21.